The van der Waals surface area contributed by atoms with E-state index in [4.69, 9.17) is 4.74 Å². The summed E-state index contributed by atoms with van der Waals surface area (Å²) >= 11 is 0. The minimum Gasteiger partial charge on any atom is -0.462 e. The summed E-state index contributed by atoms with van der Waals surface area (Å²) in [6.07, 6.45) is 1.52. The van der Waals surface area contributed by atoms with Gasteiger partial charge in [-0.15, -0.1) is 12.4 Å². The van der Waals surface area contributed by atoms with Crippen LogP contribution in [0.4, 0.5) is 11.4 Å². The van der Waals surface area contributed by atoms with Crippen molar-refractivity contribution < 1.29 is 9.53 Å². The number of nitrogens with zero attached hydrogens (tertiary/aromatic N) is 2. The van der Waals surface area contributed by atoms with Crippen LogP contribution < -0.4 is 5.32 Å². The monoisotopic (exact) mass is 357 g/mol. The molecule has 0 aliphatic heterocycles. The minimum absolute atomic E-state index is 0. The van der Waals surface area contributed by atoms with E-state index < -0.39 is 5.97 Å². The SMILES string of the molecule is CCOC(=O)c1cnc2nc(C)ccc2c1Nc1ccccc1C.Cl. The van der Waals surface area contributed by atoms with Gasteiger partial charge in [0, 0.05) is 23.0 Å². The second kappa shape index (κ2) is 7.94. The first kappa shape index (κ1) is 18.7. The zero-order valence-corrected chi connectivity index (χ0v) is 15.2. The molecule has 0 amide bonds. The van der Waals surface area contributed by atoms with E-state index in [0.29, 0.717) is 23.5 Å². The Morgan fingerprint density at radius 2 is 1.92 bits per heavy atom. The van der Waals surface area contributed by atoms with Crippen LogP contribution in [-0.4, -0.2) is 22.5 Å². The summed E-state index contributed by atoms with van der Waals surface area (Å²) in [6, 6.07) is 11.7. The van der Waals surface area contributed by atoms with Crippen molar-refractivity contribution in [3.8, 4) is 0 Å². The average Bonchev–Trinajstić information content (AvgIpc) is 2.57. The molecule has 1 aromatic carbocycles. The Bertz CT molecular complexity index is 912. The Kier molecular flexibility index (Phi) is 5.93. The number of para-hydroxylation sites is 1. The Hall–Kier alpha value is -2.66. The third-order valence-corrected chi connectivity index (χ3v) is 3.77. The van der Waals surface area contributed by atoms with Crippen LogP contribution in [0.15, 0.2) is 42.6 Å². The molecule has 3 aromatic rings. The van der Waals surface area contributed by atoms with Crippen LogP contribution in [0.3, 0.4) is 0 Å². The van der Waals surface area contributed by atoms with Gasteiger partial charge < -0.3 is 10.1 Å². The molecule has 0 fully saturated rings. The van der Waals surface area contributed by atoms with Crippen molar-refractivity contribution in [2.24, 2.45) is 0 Å². The number of carbonyl (C=O) groups excluding carboxylic acids is 1. The lowest BCUT2D eigenvalue weighted by atomic mass is 10.1. The summed E-state index contributed by atoms with van der Waals surface area (Å²) in [7, 11) is 0. The maximum atomic E-state index is 12.3. The normalized spacial score (nSPS) is 10.2. The number of anilines is 2. The first-order valence-electron chi connectivity index (χ1n) is 7.86. The number of pyridine rings is 2. The lowest BCUT2D eigenvalue weighted by molar-refractivity contribution is 0.0527. The molecule has 0 bridgehead atoms. The quantitative estimate of drug-likeness (QED) is 0.692. The number of nitrogens with one attached hydrogen (secondary N) is 1. The van der Waals surface area contributed by atoms with Gasteiger partial charge in [-0.2, -0.15) is 0 Å². The largest absolute Gasteiger partial charge is 0.462 e. The smallest absolute Gasteiger partial charge is 0.341 e. The number of benzene rings is 1. The number of aromatic nitrogens is 2. The van der Waals surface area contributed by atoms with Crippen LogP contribution in [0.1, 0.15) is 28.5 Å². The number of ether oxygens (including phenoxy) is 1. The first-order valence-corrected chi connectivity index (χ1v) is 7.86. The van der Waals surface area contributed by atoms with Crippen molar-refractivity contribution in [2.75, 3.05) is 11.9 Å². The molecule has 0 aliphatic carbocycles. The molecule has 0 saturated carbocycles. The molecule has 0 atom stereocenters. The molecule has 1 N–H and O–H groups in total. The van der Waals surface area contributed by atoms with Gasteiger partial charge in [0.05, 0.1) is 12.3 Å². The van der Waals surface area contributed by atoms with Crippen molar-refractivity contribution in [3.63, 3.8) is 0 Å². The summed E-state index contributed by atoms with van der Waals surface area (Å²) in [4.78, 5) is 21.1. The second-order valence-electron chi connectivity index (χ2n) is 5.53. The maximum absolute atomic E-state index is 12.3. The molecule has 2 aromatic heterocycles. The Balaban J connectivity index is 0.00000225. The molecule has 0 aliphatic rings. The van der Waals surface area contributed by atoms with E-state index in [9.17, 15) is 4.79 Å². The second-order valence-corrected chi connectivity index (χ2v) is 5.53. The summed E-state index contributed by atoms with van der Waals surface area (Å²) in [5, 5.41) is 4.15. The Morgan fingerprint density at radius 3 is 2.64 bits per heavy atom. The molecular formula is C19H20ClN3O2. The molecule has 0 unspecified atom stereocenters. The predicted molar refractivity (Wildman–Crippen MR) is 102 cm³/mol. The number of aryl methyl sites for hydroxylation is 2. The molecule has 0 radical (unpaired) electrons. The molecule has 130 valence electrons. The summed E-state index contributed by atoms with van der Waals surface area (Å²) < 4.78 is 5.17. The molecular weight excluding hydrogens is 338 g/mol. The highest BCUT2D eigenvalue weighted by Gasteiger charge is 2.18. The molecule has 0 spiro atoms. The molecule has 3 rings (SSSR count). The standard InChI is InChI=1S/C19H19N3O2.ClH/c1-4-24-19(23)15-11-20-18-14(10-9-13(3)21-18)17(15)22-16-8-6-5-7-12(16)2;/h5-11H,4H2,1-3H3,(H,20,21,22);1H. The van der Waals surface area contributed by atoms with Crippen molar-refractivity contribution in [1.29, 1.82) is 0 Å². The van der Waals surface area contributed by atoms with E-state index in [2.05, 4.69) is 15.3 Å². The van der Waals surface area contributed by atoms with Gasteiger partial charge in [0.15, 0.2) is 5.65 Å². The maximum Gasteiger partial charge on any atom is 0.341 e. The minimum atomic E-state index is -0.399. The third-order valence-electron chi connectivity index (χ3n) is 3.77. The van der Waals surface area contributed by atoms with Crippen molar-refractivity contribution >= 4 is 40.8 Å². The highest BCUT2D eigenvalue weighted by molar-refractivity contribution is 6.05. The van der Waals surface area contributed by atoms with Crippen LogP contribution in [0.2, 0.25) is 0 Å². The number of esters is 1. The number of rotatable bonds is 4. The highest BCUT2D eigenvalue weighted by atomic mass is 35.5. The number of fused-ring (bicyclic) bond motifs is 1. The van der Waals surface area contributed by atoms with Gasteiger partial charge in [0.25, 0.3) is 0 Å². The van der Waals surface area contributed by atoms with Crippen LogP contribution >= 0.6 is 12.4 Å². The number of halogens is 1. The van der Waals surface area contributed by atoms with Gasteiger partial charge >= 0.3 is 5.97 Å². The molecule has 6 heteroatoms. The first-order chi connectivity index (χ1) is 11.6. The van der Waals surface area contributed by atoms with Gasteiger partial charge in [0.2, 0.25) is 0 Å². The zero-order valence-electron chi connectivity index (χ0n) is 14.4. The number of hydrogen-bond donors (Lipinski definition) is 1. The van der Waals surface area contributed by atoms with E-state index >= 15 is 0 Å². The van der Waals surface area contributed by atoms with Crippen LogP contribution in [0, 0.1) is 13.8 Å². The third kappa shape index (κ3) is 3.88. The highest BCUT2D eigenvalue weighted by Crippen LogP contribution is 2.30. The lowest BCUT2D eigenvalue weighted by Crippen LogP contribution is -2.10. The van der Waals surface area contributed by atoms with Crippen molar-refractivity contribution in [2.45, 2.75) is 20.8 Å². The van der Waals surface area contributed by atoms with Gasteiger partial charge in [0.1, 0.15) is 5.56 Å². The fraction of sp³-hybridized carbons (Fsp3) is 0.211. The van der Waals surface area contributed by atoms with E-state index in [-0.39, 0.29) is 12.4 Å². The lowest BCUT2D eigenvalue weighted by Gasteiger charge is -2.15. The number of hydrogen-bond acceptors (Lipinski definition) is 5. The molecule has 5 nitrogen and oxygen atoms in total. The predicted octanol–water partition coefficient (Wildman–Crippen LogP) is 4.59. The molecule has 0 saturated heterocycles. The van der Waals surface area contributed by atoms with Gasteiger partial charge in [-0.1, -0.05) is 18.2 Å². The van der Waals surface area contributed by atoms with E-state index in [1.165, 1.54) is 6.20 Å². The van der Waals surface area contributed by atoms with Gasteiger partial charge in [-0.05, 0) is 44.5 Å². The molecule has 25 heavy (non-hydrogen) atoms. The average molecular weight is 358 g/mol. The van der Waals surface area contributed by atoms with E-state index in [1.54, 1.807) is 6.92 Å². The topological polar surface area (TPSA) is 64.1 Å². The fourth-order valence-electron chi connectivity index (χ4n) is 2.52. The summed E-state index contributed by atoms with van der Waals surface area (Å²) in [5.41, 5.74) is 4.55. The van der Waals surface area contributed by atoms with Crippen LogP contribution in [-0.2, 0) is 4.74 Å². The summed E-state index contributed by atoms with van der Waals surface area (Å²) in [6.45, 7) is 6.02. The Labute approximate surface area is 152 Å². The molecule has 2 heterocycles. The van der Waals surface area contributed by atoms with Gasteiger partial charge in [-0.25, -0.2) is 14.8 Å². The number of carbonyl (C=O) groups is 1. The van der Waals surface area contributed by atoms with Crippen LogP contribution in [0.25, 0.3) is 11.0 Å². The van der Waals surface area contributed by atoms with Crippen molar-refractivity contribution in [1.82, 2.24) is 9.97 Å². The van der Waals surface area contributed by atoms with E-state index in [1.807, 2.05) is 50.2 Å². The zero-order chi connectivity index (χ0) is 17.1. The van der Waals surface area contributed by atoms with Crippen LogP contribution in [0.5, 0.6) is 0 Å². The summed E-state index contributed by atoms with van der Waals surface area (Å²) in [5.74, 6) is -0.399. The van der Waals surface area contributed by atoms with E-state index in [0.717, 1.165) is 22.3 Å². The van der Waals surface area contributed by atoms with Gasteiger partial charge in [-0.3, -0.25) is 0 Å². The van der Waals surface area contributed by atoms with Crippen molar-refractivity contribution in [3.05, 3.63) is 59.4 Å². The fourth-order valence-corrected chi connectivity index (χ4v) is 2.52. The Morgan fingerprint density at radius 1 is 1.16 bits per heavy atom.